The summed E-state index contributed by atoms with van der Waals surface area (Å²) in [6.45, 7) is 10.8. The minimum atomic E-state index is 0. The van der Waals surface area contributed by atoms with Gasteiger partial charge < -0.3 is 24.8 Å². The summed E-state index contributed by atoms with van der Waals surface area (Å²) < 4.78 is 16.7. The number of aliphatic imine (C=N–C) groups is 1. The molecule has 0 aromatic carbocycles. The lowest BCUT2D eigenvalue weighted by atomic mass is 9.96. The largest absolute Gasteiger partial charge is 0.379 e. The van der Waals surface area contributed by atoms with E-state index in [9.17, 15) is 0 Å². The summed E-state index contributed by atoms with van der Waals surface area (Å²) in [6.07, 6.45) is 3.52. The number of hydrogen-bond donors (Lipinski definition) is 2. The summed E-state index contributed by atoms with van der Waals surface area (Å²) in [5.74, 6) is 3.33. The molecule has 3 fully saturated rings. The van der Waals surface area contributed by atoms with Crippen LogP contribution in [0.2, 0.25) is 0 Å². The predicted octanol–water partition coefficient (Wildman–Crippen LogP) is 1.56. The summed E-state index contributed by atoms with van der Waals surface area (Å²) in [5, 5.41) is 6.85. The quantitative estimate of drug-likeness (QED) is 0.204. The van der Waals surface area contributed by atoms with Crippen molar-refractivity contribution in [3.8, 4) is 0 Å². The van der Waals surface area contributed by atoms with Crippen molar-refractivity contribution in [1.29, 1.82) is 0 Å². The van der Waals surface area contributed by atoms with Crippen molar-refractivity contribution in [2.75, 3.05) is 77.3 Å². The maximum absolute atomic E-state index is 5.83. The van der Waals surface area contributed by atoms with Gasteiger partial charge in [0.2, 0.25) is 0 Å². The normalized spacial score (nSPS) is 28.9. The summed E-state index contributed by atoms with van der Waals surface area (Å²) in [4.78, 5) is 7.57. The Morgan fingerprint density at radius 2 is 2.11 bits per heavy atom. The van der Waals surface area contributed by atoms with Crippen LogP contribution in [0.1, 0.15) is 26.2 Å². The number of halogens is 1. The van der Waals surface area contributed by atoms with Crippen molar-refractivity contribution >= 4 is 41.7 Å². The number of nitrogens with one attached hydrogen (secondary N) is 2. The Balaban J connectivity index is 0.00000280. The molecule has 28 heavy (non-hydrogen) atoms. The van der Waals surface area contributed by atoms with Gasteiger partial charge in [0.05, 0.1) is 38.0 Å². The molecular formula is C19H37IN4O3S. The van der Waals surface area contributed by atoms with Gasteiger partial charge in [-0.3, -0.25) is 9.89 Å². The third kappa shape index (κ3) is 7.46. The molecule has 0 saturated carbocycles. The van der Waals surface area contributed by atoms with E-state index in [-0.39, 0.29) is 29.5 Å². The fourth-order valence-electron chi connectivity index (χ4n) is 3.85. The molecule has 0 aromatic rings. The molecule has 0 bridgehead atoms. The smallest absolute Gasteiger partial charge is 0.191 e. The monoisotopic (exact) mass is 528 g/mol. The van der Waals surface area contributed by atoms with Gasteiger partial charge in [-0.1, -0.05) is 0 Å². The second-order valence-corrected chi connectivity index (χ2v) is 8.56. The van der Waals surface area contributed by atoms with Gasteiger partial charge in [0.15, 0.2) is 5.96 Å². The van der Waals surface area contributed by atoms with E-state index in [4.69, 9.17) is 19.2 Å². The minimum Gasteiger partial charge on any atom is -0.379 e. The molecule has 0 aromatic heterocycles. The van der Waals surface area contributed by atoms with E-state index < -0.39 is 0 Å². The molecular weight excluding hydrogens is 491 g/mol. The van der Waals surface area contributed by atoms with E-state index >= 15 is 0 Å². The van der Waals surface area contributed by atoms with Crippen LogP contribution < -0.4 is 10.6 Å². The fourth-order valence-corrected chi connectivity index (χ4v) is 5.32. The second kappa shape index (κ2) is 13.5. The van der Waals surface area contributed by atoms with Gasteiger partial charge >= 0.3 is 0 Å². The highest BCUT2D eigenvalue weighted by Crippen LogP contribution is 2.34. The highest BCUT2D eigenvalue weighted by atomic mass is 127. The predicted molar refractivity (Wildman–Crippen MR) is 126 cm³/mol. The standard InChI is InChI=1S/C19H36N4O3S.HI/c1-2-20-18(21-6-3-9-26-17-4-10-25-14-17)22-15-19(5-13-27-16-19)23-7-11-24-12-8-23;/h17H,2-16H2,1H3,(H2,20,21,22);1H. The van der Waals surface area contributed by atoms with Crippen molar-refractivity contribution in [2.24, 2.45) is 4.99 Å². The van der Waals surface area contributed by atoms with E-state index in [1.54, 1.807) is 0 Å². The van der Waals surface area contributed by atoms with Crippen LogP contribution in [0.3, 0.4) is 0 Å². The van der Waals surface area contributed by atoms with E-state index in [2.05, 4.69) is 34.2 Å². The van der Waals surface area contributed by atoms with E-state index in [1.165, 1.54) is 17.9 Å². The molecule has 0 amide bonds. The zero-order valence-electron chi connectivity index (χ0n) is 17.1. The first kappa shape index (κ1) is 24.5. The minimum absolute atomic E-state index is 0. The molecule has 0 aliphatic carbocycles. The average Bonchev–Trinajstić information content (AvgIpc) is 3.39. The van der Waals surface area contributed by atoms with Crippen LogP contribution in [-0.4, -0.2) is 99.8 Å². The molecule has 3 rings (SSSR count). The van der Waals surface area contributed by atoms with Crippen LogP contribution >= 0.6 is 35.7 Å². The Morgan fingerprint density at radius 3 is 2.79 bits per heavy atom. The SMILES string of the molecule is CCNC(=NCC1(N2CCOCC2)CCSC1)NCCCOC1CCOC1.I. The number of guanidine groups is 1. The first-order chi connectivity index (χ1) is 13.3. The van der Waals surface area contributed by atoms with Gasteiger partial charge in [0, 0.05) is 45.1 Å². The first-order valence-electron chi connectivity index (χ1n) is 10.4. The third-order valence-electron chi connectivity index (χ3n) is 5.50. The molecule has 164 valence electrons. The van der Waals surface area contributed by atoms with Gasteiger partial charge in [0.1, 0.15) is 0 Å². The van der Waals surface area contributed by atoms with Gasteiger partial charge in [-0.25, -0.2) is 0 Å². The lowest BCUT2D eigenvalue weighted by Crippen LogP contribution is -2.56. The molecule has 2 atom stereocenters. The number of ether oxygens (including phenoxy) is 3. The third-order valence-corrected chi connectivity index (χ3v) is 6.73. The maximum Gasteiger partial charge on any atom is 0.191 e. The fraction of sp³-hybridized carbons (Fsp3) is 0.947. The van der Waals surface area contributed by atoms with E-state index in [0.717, 1.165) is 84.6 Å². The van der Waals surface area contributed by atoms with Gasteiger partial charge in [-0.2, -0.15) is 11.8 Å². The molecule has 9 heteroatoms. The molecule has 7 nitrogen and oxygen atoms in total. The number of nitrogens with zero attached hydrogens (tertiary/aromatic N) is 2. The van der Waals surface area contributed by atoms with Crippen molar-refractivity contribution in [1.82, 2.24) is 15.5 Å². The molecule has 2 unspecified atom stereocenters. The Kier molecular flexibility index (Phi) is 11.8. The van der Waals surface area contributed by atoms with Crippen molar-refractivity contribution in [3.05, 3.63) is 0 Å². The average molecular weight is 529 g/mol. The van der Waals surface area contributed by atoms with Crippen LogP contribution in [0.5, 0.6) is 0 Å². The van der Waals surface area contributed by atoms with Crippen LogP contribution in [0, 0.1) is 0 Å². The molecule has 3 aliphatic heterocycles. The van der Waals surface area contributed by atoms with Gasteiger partial charge in [-0.15, -0.1) is 24.0 Å². The van der Waals surface area contributed by atoms with E-state index in [1.807, 2.05) is 0 Å². The zero-order chi connectivity index (χ0) is 18.8. The number of rotatable bonds is 9. The Morgan fingerprint density at radius 1 is 1.25 bits per heavy atom. The summed E-state index contributed by atoms with van der Waals surface area (Å²) in [6, 6.07) is 0. The van der Waals surface area contributed by atoms with Crippen molar-refractivity contribution in [3.63, 3.8) is 0 Å². The van der Waals surface area contributed by atoms with Crippen LogP contribution in [0.4, 0.5) is 0 Å². The lowest BCUT2D eigenvalue weighted by Gasteiger charge is -2.42. The molecule has 3 aliphatic rings. The highest BCUT2D eigenvalue weighted by molar-refractivity contribution is 14.0. The summed E-state index contributed by atoms with van der Waals surface area (Å²) in [5.41, 5.74) is 0.197. The molecule has 3 heterocycles. The Bertz CT molecular complexity index is 454. The van der Waals surface area contributed by atoms with Crippen LogP contribution in [0.15, 0.2) is 4.99 Å². The Labute approximate surface area is 191 Å². The van der Waals surface area contributed by atoms with E-state index in [0.29, 0.717) is 6.10 Å². The highest BCUT2D eigenvalue weighted by Gasteiger charge is 2.40. The Hall–Kier alpha value is 0.190. The van der Waals surface area contributed by atoms with Crippen molar-refractivity contribution < 1.29 is 14.2 Å². The second-order valence-electron chi connectivity index (χ2n) is 7.46. The van der Waals surface area contributed by atoms with Crippen LogP contribution in [-0.2, 0) is 14.2 Å². The number of thioether (sulfide) groups is 1. The van der Waals surface area contributed by atoms with Gasteiger partial charge in [0.25, 0.3) is 0 Å². The molecule has 0 spiro atoms. The molecule has 2 N–H and O–H groups in total. The van der Waals surface area contributed by atoms with Gasteiger partial charge in [-0.05, 0) is 31.9 Å². The summed E-state index contributed by atoms with van der Waals surface area (Å²) in [7, 11) is 0. The molecule has 3 saturated heterocycles. The lowest BCUT2D eigenvalue weighted by molar-refractivity contribution is -0.0104. The zero-order valence-corrected chi connectivity index (χ0v) is 20.3. The number of hydrogen-bond acceptors (Lipinski definition) is 6. The topological polar surface area (TPSA) is 67.4 Å². The maximum atomic E-state index is 5.83. The molecule has 0 radical (unpaired) electrons. The van der Waals surface area contributed by atoms with Crippen molar-refractivity contribution in [2.45, 2.75) is 37.8 Å². The van der Waals surface area contributed by atoms with Crippen LogP contribution in [0.25, 0.3) is 0 Å². The number of morpholine rings is 1. The first-order valence-corrected chi connectivity index (χ1v) is 11.6. The summed E-state index contributed by atoms with van der Waals surface area (Å²) >= 11 is 2.06.